The van der Waals surface area contributed by atoms with E-state index < -0.39 is 0 Å². The zero-order valence-corrected chi connectivity index (χ0v) is 9.14. The lowest BCUT2D eigenvalue weighted by Crippen LogP contribution is -2.21. The molecule has 5 heteroatoms. The van der Waals surface area contributed by atoms with Gasteiger partial charge in [-0.25, -0.2) is 4.98 Å². The fourth-order valence-electron chi connectivity index (χ4n) is 0.805. The fraction of sp³-hybridized carbons (Fsp3) is 0.333. The van der Waals surface area contributed by atoms with Crippen molar-refractivity contribution in [2.45, 2.75) is 6.92 Å². The van der Waals surface area contributed by atoms with Crippen molar-refractivity contribution < 1.29 is 4.79 Å². The molecule has 1 aromatic heterocycles. The van der Waals surface area contributed by atoms with Crippen LogP contribution in [0.15, 0.2) is 18.3 Å². The number of pyridine rings is 1. The number of carbonyl (C=O) groups excluding carboxylic acids is 1. The van der Waals surface area contributed by atoms with Crippen LogP contribution >= 0.6 is 23.2 Å². The molecular formula is C9H10Cl2N2O. The van der Waals surface area contributed by atoms with Gasteiger partial charge in [-0.2, -0.15) is 0 Å². The van der Waals surface area contributed by atoms with Crippen molar-refractivity contribution in [3.05, 3.63) is 23.5 Å². The summed E-state index contributed by atoms with van der Waals surface area (Å²) in [7, 11) is 0. The van der Waals surface area contributed by atoms with Crippen LogP contribution in [0, 0.1) is 5.92 Å². The molecule has 0 aliphatic rings. The Balaban J connectivity index is 2.70. The molecule has 1 rings (SSSR count). The summed E-state index contributed by atoms with van der Waals surface area (Å²) in [6, 6.07) is 3.39. The number of alkyl halides is 1. The number of hydrogen-bond acceptors (Lipinski definition) is 2. The van der Waals surface area contributed by atoms with Crippen LogP contribution in [0.5, 0.6) is 0 Å². The molecule has 0 aliphatic carbocycles. The minimum Gasteiger partial charge on any atom is -0.323 e. The molecule has 1 amide bonds. The number of amides is 1. The predicted octanol–water partition coefficient (Wildman–Crippen LogP) is 2.55. The normalized spacial score (nSPS) is 12.2. The maximum Gasteiger partial charge on any atom is 0.228 e. The third-order valence-electron chi connectivity index (χ3n) is 1.70. The Morgan fingerprint density at radius 1 is 1.71 bits per heavy atom. The van der Waals surface area contributed by atoms with E-state index in [9.17, 15) is 4.79 Å². The highest BCUT2D eigenvalue weighted by Crippen LogP contribution is 2.18. The molecule has 76 valence electrons. The van der Waals surface area contributed by atoms with Gasteiger partial charge >= 0.3 is 0 Å². The third kappa shape index (κ3) is 2.86. The highest BCUT2D eigenvalue weighted by atomic mass is 35.5. The van der Waals surface area contributed by atoms with Crippen LogP contribution in [0.4, 0.5) is 5.69 Å². The van der Waals surface area contributed by atoms with Crippen LogP contribution in [-0.2, 0) is 4.79 Å². The number of hydrogen-bond donors (Lipinski definition) is 1. The topological polar surface area (TPSA) is 42.0 Å². The standard InChI is InChI=1S/C9H10Cl2N2O/c1-6(5-10)9(14)13-7-3-2-4-12-8(7)11/h2-4,6H,5H2,1H3,(H,13,14). The molecule has 0 saturated carbocycles. The van der Waals surface area contributed by atoms with E-state index in [0.29, 0.717) is 5.69 Å². The van der Waals surface area contributed by atoms with Crippen molar-refractivity contribution in [1.82, 2.24) is 4.98 Å². The minimum absolute atomic E-state index is 0.157. The van der Waals surface area contributed by atoms with Crippen molar-refractivity contribution in [1.29, 1.82) is 0 Å². The molecule has 0 bridgehead atoms. The van der Waals surface area contributed by atoms with E-state index in [-0.39, 0.29) is 22.9 Å². The lowest BCUT2D eigenvalue weighted by molar-refractivity contribution is -0.118. The van der Waals surface area contributed by atoms with E-state index in [1.807, 2.05) is 0 Å². The molecule has 1 heterocycles. The summed E-state index contributed by atoms with van der Waals surface area (Å²) in [5.74, 6) is -0.119. The van der Waals surface area contributed by atoms with Gasteiger partial charge in [0.25, 0.3) is 0 Å². The first-order valence-corrected chi connectivity index (χ1v) is 5.03. The lowest BCUT2D eigenvalue weighted by atomic mass is 10.2. The largest absolute Gasteiger partial charge is 0.323 e. The molecule has 0 fully saturated rings. The predicted molar refractivity (Wildman–Crippen MR) is 57.8 cm³/mol. The van der Waals surface area contributed by atoms with Gasteiger partial charge in [0.1, 0.15) is 0 Å². The second-order valence-electron chi connectivity index (χ2n) is 2.89. The van der Waals surface area contributed by atoms with Crippen molar-refractivity contribution in [3.63, 3.8) is 0 Å². The molecule has 1 unspecified atom stereocenters. The molecule has 1 N–H and O–H groups in total. The molecule has 1 atom stereocenters. The van der Waals surface area contributed by atoms with Gasteiger partial charge in [-0.3, -0.25) is 4.79 Å². The molecule has 0 aromatic carbocycles. The monoisotopic (exact) mass is 232 g/mol. The second-order valence-corrected chi connectivity index (χ2v) is 3.55. The van der Waals surface area contributed by atoms with Gasteiger partial charge in [-0.1, -0.05) is 18.5 Å². The SMILES string of the molecule is CC(CCl)C(=O)Nc1cccnc1Cl. The Bertz CT molecular complexity index is 330. The Morgan fingerprint density at radius 2 is 2.43 bits per heavy atom. The van der Waals surface area contributed by atoms with E-state index in [1.165, 1.54) is 0 Å². The minimum atomic E-state index is -0.243. The maximum atomic E-state index is 11.4. The molecule has 0 spiro atoms. The summed E-state index contributed by atoms with van der Waals surface area (Å²) in [5, 5.41) is 2.92. The van der Waals surface area contributed by atoms with Crippen LogP contribution in [0.1, 0.15) is 6.92 Å². The first-order valence-electron chi connectivity index (χ1n) is 4.12. The van der Waals surface area contributed by atoms with Crippen LogP contribution in [0.25, 0.3) is 0 Å². The molecule has 1 aromatic rings. The molecular weight excluding hydrogens is 223 g/mol. The van der Waals surface area contributed by atoms with Crippen molar-refractivity contribution in [3.8, 4) is 0 Å². The van der Waals surface area contributed by atoms with Gasteiger partial charge in [-0.05, 0) is 12.1 Å². The molecule has 14 heavy (non-hydrogen) atoms. The van der Waals surface area contributed by atoms with Crippen LogP contribution in [0.2, 0.25) is 5.15 Å². The second kappa shape index (κ2) is 5.17. The van der Waals surface area contributed by atoms with Gasteiger partial charge in [-0.15, -0.1) is 11.6 Å². The summed E-state index contributed by atoms with van der Waals surface area (Å²) >= 11 is 11.3. The summed E-state index contributed by atoms with van der Waals surface area (Å²) in [6.45, 7) is 1.74. The Kier molecular flexibility index (Phi) is 4.17. The number of aromatic nitrogens is 1. The molecule has 0 radical (unpaired) electrons. The van der Waals surface area contributed by atoms with E-state index in [4.69, 9.17) is 23.2 Å². The van der Waals surface area contributed by atoms with Crippen LogP contribution in [0.3, 0.4) is 0 Å². The maximum absolute atomic E-state index is 11.4. The first kappa shape index (κ1) is 11.3. The molecule has 3 nitrogen and oxygen atoms in total. The average molecular weight is 233 g/mol. The van der Waals surface area contributed by atoms with E-state index in [1.54, 1.807) is 25.3 Å². The Hall–Kier alpha value is -0.800. The Labute approximate surface area is 92.4 Å². The van der Waals surface area contributed by atoms with E-state index >= 15 is 0 Å². The van der Waals surface area contributed by atoms with Gasteiger partial charge in [0.15, 0.2) is 5.15 Å². The highest BCUT2D eigenvalue weighted by molar-refractivity contribution is 6.32. The third-order valence-corrected chi connectivity index (χ3v) is 2.46. The summed E-state index contributed by atoms with van der Waals surface area (Å²) in [6.07, 6.45) is 1.56. The van der Waals surface area contributed by atoms with Gasteiger partial charge in [0.2, 0.25) is 5.91 Å². The van der Waals surface area contributed by atoms with E-state index in [2.05, 4.69) is 10.3 Å². The van der Waals surface area contributed by atoms with Crippen LogP contribution < -0.4 is 5.32 Å². The van der Waals surface area contributed by atoms with Gasteiger partial charge in [0, 0.05) is 18.0 Å². The number of halogens is 2. The first-order chi connectivity index (χ1) is 6.65. The number of nitrogens with one attached hydrogen (secondary N) is 1. The lowest BCUT2D eigenvalue weighted by Gasteiger charge is -2.09. The van der Waals surface area contributed by atoms with Crippen molar-refractivity contribution in [2.24, 2.45) is 5.92 Å². The van der Waals surface area contributed by atoms with E-state index in [0.717, 1.165) is 0 Å². The quantitative estimate of drug-likeness (QED) is 0.643. The average Bonchev–Trinajstić information content (AvgIpc) is 2.20. The summed E-state index contributed by atoms with van der Waals surface area (Å²) in [5.41, 5.74) is 0.510. The molecule has 0 saturated heterocycles. The number of carbonyl (C=O) groups is 1. The van der Waals surface area contributed by atoms with Crippen molar-refractivity contribution in [2.75, 3.05) is 11.2 Å². The smallest absolute Gasteiger partial charge is 0.228 e. The highest BCUT2D eigenvalue weighted by Gasteiger charge is 2.12. The summed E-state index contributed by atoms with van der Waals surface area (Å²) in [4.78, 5) is 15.2. The number of nitrogens with zero attached hydrogens (tertiary/aromatic N) is 1. The fourth-order valence-corrected chi connectivity index (χ4v) is 1.11. The number of anilines is 1. The zero-order chi connectivity index (χ0) is 10.6. The molecule has 0 aliphatic heterocycles. The summed E-state index contributed by atoms with van der Waals surface area (Å²) < 4.78 is 0. The van der Waals surface area contributed by atoms with Crippen molar-refractivity contribution >= 4 is 34.8 Å². The number of rotatable bonds is 3. The van der Waals surface area contributed by atoms with Crippen LogP contribution in [-0.4, -0.2) is 16.8 Å². The van der Waals surface area contributed by atoms with Gasteiger partial charge in [0.05, 0.1) is 5.69 Å². The van der Waals surface area contributed by atoms with Gasteiger partial charge < -0.3 is 5.32 Å². The zero-order valence-electron chi connectivity index (χ0n) is 7.63. The Morgan fingerprint density at radius 3 is 3.00 bits per heavy atom.